The van der Waals surface area contributed by atoms with Crippen LogP contribution in [-0.2, 0) is 65.7 Å². The van der Waals surface area contributed by atoms with E-state index in [0.29, 0.717) is 0 Å². The number of aryl methyl sites for hydroxylation is 3. The molecule has 0 spiro atoms. The molecule has 18 rings (SSSR count). The van der Waals surface area contributed by atoms with Crippen molar-refractivity contribution in [1.29, 1.82) is 0 Å². The molecule has 0 saturated heterocycles. The van der Waals surface area contributed by atoms with Crippen LogP contribution in [0.25, 0.3) is 132 Å². The van der Waals surface area contributed by atoms with E-state index in [4.69, 9.17) is 0 Å². The minimum Gasteiger partial charge on any atom is -0.305 e. The molecule has 9 heteroatoms. The molecule has 6 aromatic heterocycles. The second-order valence-electron chi connectivity index (χ2n) is 25.9. The first-order valence-electron chi connectivity index (χ1n) is 34.4. The second-order valence-corrected chi connectivity index (χ2v) is 25.9. The Morgan fingerprint density at radius 3 is 0.953 bits per heavy atom. The van der Waals surface area contributed by atoms with Crippen LogP contribution in [0, 0.1) is 57.2 Å². The molecule has 6 nitrogen and oxygen atoms in total. The van der Waals surface area contributed by atoms with E-state index >= 15 is 0 Å². The maximum atomic E-state index is 4.59. The number of nitrogens with zero attached hydrogens (tertiary/aromatic N) is 6. The predicted molar refractivity (Wildman–Crippen MR) is 429 cm³/mol. The molecule has 106 heavy (non-hydrogen) atoms. The van der Waals surface area contributed by atoms with E-state index in [9.17, 15) is 0 Å². The molecule has 0 aliphatic heterocycles. The average molecular weight is 1900 g/mol. The largest absolute Gasteiger partial charge is 0.305 e. The van der Waals surface area contributed by atoms with E-state index in [1.807, 2.05) is 158 Å². The van der Waals surface area contributed by atoms with E-state index in [2.05, 4.69) is 284 Å². The Bertz CT molecular complexity index is 5640. The van der Waals surface area contributed by atoms with Crippen molar-refractivity contribution in [3.63, 3.8) is 0 Å². The monoisotopic (exact) mass is 1900 g/mol. The van der Waals surface area contributed by atoms with Gasteiger partial charge in [0.25, 0.3) is 0 Å². The fourth-order valence-corrected chi connectivity index (χ4v) is 12.3. The molecule has 0 atom stereocenters. The van der Waals surface area contributed by atoms with Gasteiger partial charge in [0.05, 0.1) is 0 Å². The Morgan fingerprint density at radius 2 is 0.566 bits per heavy atom. The number of hydrogen-bond donors (Lipinski definition) is 0. The Morgan fingerprint density at radius 1 is 0.226 bits per heavy atom. The fourth-order valence-electron chi connectivity index (χ4n) is 12.3. The van der Waals surface area contributed by atoms with Crippen LogP contribution in [0.5, 0.6) is 0 Å². The molecule has 12 aromatic carbocycles. The normalized spacial score (nSPS) is 10.5. The first kappa shape index (κ1) is 77.7. The average Bonchev–Trinajstić information content (AvgIpc) is 0.778. The molecule has 0 aliphatic rings. The Kier molecular flexibility index (Phi) is 27.6. The Hall–Kier alpha value is -11.0. The summed E-state index contributed by atoms with van der Waals surface area (Å²) < 4.78 is 0. The van der Waals surface area contributed by atoms with E-state index in [1.54, 1.807) is 6.20 Å². The molecule has 0 saturated carbocycles. The molecule has 0 unspecified atom stereocenters. The van der Waals surface area contributed by atoms with E-state index in [-0.39, 0.29) is 65.7 Å². The maximum Gasteiger partial charge on any atom is 0.0167 e. The van der Waals surface area contributed by atoms with E-state index in [0.717, 1.165) is 67.5 Å². The Balaban J connectivity index is 0.000000137. The zero-order valence-electron chi connectivity index (χ0n) is 59.5. The van der Waals surface area contributed by atoms with Crippen molar-refractivity contribution < 1.29 is 60.3 Å². The van der Waals surface area contributed by atoms with Crippen LogP contribution in [0.4, 0.5) is 0 Å². The van der Waals surface area contributed by atoms with Crippen molar-refractivity contribution >= 4 is 64.6 Å². The fraction of sp³-hybridized carbons (Fsp3) is 0.0722. The minimum absolute atomic E-state index is 0. The first-order valence-corrected chi connectivity index (χ1v) is 34.4. The zero-order chi connectivity index (χ0) is 70.7. The quantitative estimate of drug-likeness (QED) is 0.122. The van der Waals surface area contributed by atoms with Crippen molar-refractivity contribution in [2.45, 2.75) is 47.0 Å². The van der Waals surface area contributed by atoms with Gasteiger partial charge in [-0.05, 0) is 153 Å². The molecule has 0 aliphatic carbocycles. The van der Waals surface area contributed by atoms with Gasteiger partial charge in [-0.15, -0.1) is 214 Å². The van der Waals surface area contributed by atoms with Crippen molar-refractivity contribution in [3.8, 4) is 67.5 Å². The minimum atomic E-state index is 0. The number of fused-ring (bicyclic) bond motifs is 9. The molecule has 0 fully saturated rings. The zero-order valence-corrected chi connectivity index (χ0v) is 66.7. The van der Waals surface area contributed by atoms with E-state index in [1.165, 1.54) is 86.9 Å². The summed E-state index contributed by atoms with van der Waals surface area (Å²) in [6, 6.07) is 122. The molecule has 0 amide bonds. The van der Waals surface area contributed by atoms with Crippen molar-refractivity contribution in [2.75, 3.05) is 0 Å². The standard InChI is InChI=1S/2C20H14N.C19H12N.C15H16N.C12H10N.C11H8N.3Ir/c2*1-14-5-4-7-16(13-14)20-19-10-9-15-6-2-3-8-17(15)18(19)11-12-21-20;1-2-7-15(8-3-1)19-18-11-10-14-6-4-5-9-16(14)17(18)12-13-20-19;1-15(2,3)13-9-10-16-14(11-13)12-7-5-4-6-8-12;1-10-7-8-13-12(9-10)11-5-3-2-4-6-11;1-2-6-10(7-3-1)11-8-4-5-9-12-11;;;/h2*2-6,8-13H,1H3;1-7,9-13H;4-7,9-11H,1-3H3;2-5,7-9H,1H3;1-6,8-9H;;;/q6*-1;;;. The Labute approximate surface area is 662 Å². The van der Waals surface area contributed by atoms with Gasteiger partial charge in [-0.1, -0.05) is 174 Å². The van der Waals surface area contributed by atoms with Gasteiger partial charge in [-0.25, -0.2) is 0 Å². The molecular weight excluding hydrogens is 1830 g/mol. The molecular formula is C97H74Ir3N6-6. The van der Waals surface area contributed by atoms with Crippen LogP contribution in [0.15, 0.2) is 340 Å². The number of pyridine rings is 6. The van der Waals surface area contributed by atoms with Gasteiger partial charge in [0.1, 0.15) is 0 Å². The summed E-state index contributed by atoms with van der Waals surface area (Å²) in [7, 11) is 0. The smallest absolute Gasteiger partial charge is 0.0167 e. The second kappa shape index (κ2) is 37.7. The van der Waals surface area contributed by atoms with Gasteiger partial charge < -0.3 is 29.9 Å². The summed E-state index contributed by atoms with van der Waals surface area (Å²) in [5.74, 6) is 0. The predicted octanol–water partition coefficient (Wildman–Crippen LogP) is 24.4. The summed E-state index contributed by atoms with van der Waals surface area (Å²) >= 11 is 0. The summed E-state index contributed by atoms with van der Waals surface area (Å²) in [6.45, 7) is 12.9. The van der Waals surface area contributed by atoms with Gasteiger partial charge in [0, 0.05) is 97.5 Å². The summed E-state index contributed by atoms with van der Waals surface area (Å²) in [4.78, 5) is 26.6. The number of rotatable bonds is 6. The molecule has 18 aromatic rings. The third-order valence-corrected chi connectivity index (χ3v) is 17.6. The van der Waals surface area contributed by atoms with E-state index < -0.39 is 0 Å². The SMILES string of the molecule is CC(C)(C)c1ccnc(-c2[c-]cccc2)c1.Cc1cc[c-]c(-c2nccc3c2ccc2ccccc23)c1.Cc1cc[c-]c(-c2nccc3c2ccc2ccccc23)c1.Cc1ccnc(-c2[c-]cccc2)c1.[Ir].[Ir].[Ir].[c-]1ccccc1-c1ccccn1.[c-]1ccccc1-c1nccc2c1ccc1ccccc12. The third-order valence-electron chi connectivity index (χ3n) is 17.6. The molecule has 0 N–H and O–H groups in total. The van der Waals surface area contributed by atoms with Gasteiger partial charge in [-0.2, -0.15) is 0 Å². The molecule has 0 bridgehead atoms. The van der Waals surface area contributed by atoms with Crippen molar-refractivity contribution in [3.05, 3.63) is 399 Å². The number of benzene rings is 12. The summed E-state index contributed by atoms with van der Waals surface area (Å²) in [5, 5.41) is 14.8. The van der Waals surface area contributed by atoms with Crippen LogP contribution in [-0.4, -0.2) is 29.9 Å². The third kappa shape index (κ3) is 19.5. The molecule has 6 heterocycles. The van der Waals surface area contributed by atoms with Crippen LogP contribution in [0.1, 0.15) is 43.0 Å². The van der Waals surface area contributed by atoms with Crippen LogP contribution >= 0.6 is 0 Å². The first-order chi connectivity index (χ1) is 50.5. The van der Waals surface area contributed by atoms with Gasteiger partial charge in [0.15, 0.2) is 0 Å². The van der Waals surface area contributed by atoms with Gasteiger partial charge in [0.2, 0.25) is 0 Å². The maximum absolute atomic E-state index is 4.59. The molecule has 525 valence electrons. The number of hydrogen-bond acceptors (Lipinski definition) is 6. The topological polar surface area (TPSA) is 77.3 Å². The van der Waals surface area contributed by atoms with Crippen molar-refractivity contribution in [2.24, 2.45) is 0 Å². The van der Waals surface area contributed by atoms with Gasteiger partial charge >= 0.3 is 0 Å². The van der Waals surface area contributed by atoms with Crippen LogP contribution in [0.2, 0.25) is 0 Å². The summed E-state index contributed by atoms with van der Waals surface area (Å²) in [6.07, 6.45) is 11.1. The summed E-state index contributed by atoms with van der Waals surface area (Å²) in [5.41, 5.74) is 17.4. The number of aromatic nitrogens is 6. The van der Waals surface area contributed by atoms with Gasteiger partial charge in [-0.3, -0.25) is 0 Å². The van der Waals surface area contributed by atoms with Crippen molar-refractivity contribution in [1.82, 2.24) is 29.9 Å². The van der Waals surface area contributed by atoms with Crippen LogP contribution in [0.3, 0.4) is 0 Å². The van der Waals surface area contributed by atoms with Crippen LogP contribution < -0.4 is 0 Å². The molecule has 3 radical (unpaired) electrons.